The van der Waals surface area contributed by atoms with Gasteiger partial charge in [-0.25, -0.2) is 13.4 Å². The Morgan fingerprint density at radius 2 is 1.88 bits per heavy atom. The smallest absolute Gasteiger partial charge is 0.289 e. The number of piperazine rings is 1. The standard InChI is InChI=1S/C22H26N4O4S2/c1-16-4-5-17(2)20(14-16)32(28,29)26-12-10-25(11-13-26)21(27)19-7-6-18(30-19)15-31-22-23-8-9-24(22)3/h4-9,14H,10-13,15H2,1-3H3. The van der Waals surface area contributed by atoms with Crippen LogP contribution in [0, 0.1) is 13.8 Å². The minimum absolute atomic E-state index is 0.220. The van der Waals surface area contributed by atoms with Gasteiger partial charge in [0.05, 0.1) is 10.6 Å². The maximum atomic E-state index is 13.1. The first kappa shape index (κ1) is 22.6. The van der Waals surface area contributed by atoms with E-state index in [1.165, 1.54) is 16.1 Å². The summed E-state index contributed by atoms with van der Waals surface area (Å²) in [6.07, 6.45) is 3.61. The highest BCUT2D eigenvalue weighted by Gasteiger charge is 2.32. The van der Waals surface area contributed by atoms with Gasteiger partial charge in [-0.1, -0.05) is 23.9 Å². The van der Waals surface area contributed by atoms with E-state index in [0.29, 0.717) is 29.5 Å². The molecule has 3 aromatic rings. The quantitative estimate of drug-likeness (QED) is 0.510. The molecule has 1 aliphatic heterocycles. The topological polar surface area (TPSA) is 88.7 Å². The number of furan rings is 1. The minimum atomic E-state index is -3.60. The lowest BCUT2D eigenvalue weighted by molar-refractivity contribution is 0.0664. The first-order chi connectivity index (χ1) is 15.3. The fourth-order valence-electron chi connectivity index (χ4n) is 3.61. The molecule has 0 N–H and O–H groups in total. The number of nitrogens with zero attached hydrogens (tertiary/aromatic N) is 4. The summed E-state index contributed by atoms with van der Waals surface area (Å²) in [4.78, 5) is 19.1. The van der Waals surface area contributed by atoms with Crippen molar-refractivity contribution in [1.29, 1.82) is 0 Å². The molecule has 0 unspecified atom stereocenters. The van der Waals surface area contributed by atoms with Gasteiger partial charge in [0.2, 0.25) is 10.0 Å². The van der Waals surface area contributed by atoms with Crippen LogP contribution in [0.4, 0.5) is 0 Å². The van der Waals surface area contributed by atoms with E-state index in [-0.39, 0.29) is 24.8 Å². The zero-order valence-electron chi connectivity index (χ0n) is 18.3. The molecule has 0 saturated carbocycles. The van der Waals surface area contributed by atoms with Crippen LogP contribution in [-0.2, 0) is 22.8 Å². The lowest BCUT2D eigenvalue weighted by Crippen LogP contribution is -2.50. The highest BCUT2D eigenvalue weighted by molar-refractivity contribution is 7.98. The number of carbonyl (C=O) groups is 1. The van der Waals surface area contributed by atoms with Gasteiger partial charge in [-0.2, -0.15) is 4.31 Å². The van der Waals surface area contributed by atoms with E-state index in [4.69, 9.17) is 4.42 Å². The number of amides is 1. The van der Waals surface area contributed by atoms with E-state index >= 15 is 0 Å². The van der Waals surface area contributed by atoms with E-state index < -0.39 is 10.0 Å². The predicted octanol–water partition coefficient (Wildman–Crippen LogP) is 3.07. The van der Waals surface area contributed by atoms with E-state index in [1.54, 1.807) is 36.2 Å². The summed E-state index contributed by atoms with van der Waals surface area (Å²) in [7, 11) is -1.67. The second-order valence-electron chi connectivity index (χ2n) is 7.84. The Bertz CT molecular complexity index is 1220. The van der Waals surface area contributed by atoms with Crippen LogP contribution in [-0.4, -0.2) is 59.3 Å². The third-order valence-electron chi connectivity index (χ3n) is 5.48. The van der Waals surface area contributed by atoms with E-state index in [1.807, 2.05) is 36.9 Å². The number of imidazole rings is 1. The van der Waals surface area contributed by atoms with Crippen LogP contribution < -0.4 is 0 Å². The van der Waals surface area contributed by atoms with Crippen molar-refractivity contribution >= 4 is 27.7 Å². The van der Waals surface area contributed by atoms with Crippen molar-refractivity contribution in [2.45, 2.75) is 29.7 Å². The van der Waals surface area contributed by atoms with Crippen molar-refractivity contribution < 1.29 is 17.6 Å². The number of rotatable bonds is 6. The summed E-state index contributed by atoms with van der Waals surface area (Å²) >= 11 is 1.53. The van der Waals surface area contributed by atoms with Crippen LogP contribution in [0.15, 0.2) is 57.2 Å². The molecule has 32 heavy (non-hydrogen) atoms. The van der Waals surface area contributed by atoms with E-state index in [9.17, 15) is 13.2 Å². The monoisotopic (exact) mass is 474 g/mol. The summed E-state index contributed by atoms with van der Waals surface area (Å²) < 4.78 is 35.3. The summed E-state index contributed by atoms with van der Waals surface area (Å²) in [5.74, 6) is 1.31. The molecule has 1 saturated heterocycles. The van der Waals surface area contributed by atoms with Gasteiger partial charge < -0.3 is 13.9 Å². The molecule has 8 nitrogen and oxygen atoms in total. The number of hydrogen-bond acceptors (Lipinski definition) is 6. The lowest BCUT2D eigenvalue weighted by atomic mass is 10.2. The molecule has 3 heterocycles. The van der Waals surface area contributed by atoms with Gasteiger partial charge >= 0.3 is 0 Å². The van der Waals surface area contributed by atoms with Gasteiger partial charge in [-0.05, 0) is 43.2 Å². The van der Waals surface area contributed by atoms with Crippen molar-refractivity contribution in [3.63, 3.8) is 0 Å². The summed E-state index contributed by atoms with van der Waals surface area (Å²) in [5.41, 5.74) is 1.62. The van der Waals surface area contributed by atoms with Crippen molar-refractivity contribution in [3.05, 3.63) is 65.4 Å². The van der Waals surface area contributed by atoms with Crippen LogP contribution in [0.1, 0.15) is 27.4 Å². The molecule has 1 fully saturated rings. The van der Waals surface area contributed by atoms with Crippen molar-refractivity contribution in [1.82, 2.24) is 18.8 Å². The third kappa shape index (κ3) is 4.62. The number of thioether (sulfide) groups is 1. The Hall–Kier alpha value is -2.56. The molecule has 0 atom stereocenters. The molecule has 0 spiro atoms. The van der Waals surface area contributed by atoms with Gasteiger partial charge in [0.15, 0.2) is 10.9 Å². The SMILES string of the molecule is Cc1ccc(C)c(S(=O)(=O)N2CCN(C(=O)c3ccc(CSc4nccn4C)o3)CC2)c1. The molecule has 170 valence electrons. The molecular formula is C22H26N4O4S2. The zero-order valence-corrected chi connectivity index (χ0v) is 19.9. The number of benzene rings is 1. The first-order valence-electron chi connectivity index (χ1n) is 10.3. The number of hydrogen-bond donors (Lipinski definition) is 0. The van der Waals surface area contributed by atoms with Crippen LogP contribution in [0.2, 0.25) is 0 Å². The highest BCUT2D eigenvalue weighted by Crippen LogP contribution is 2.24. The minimum Gasteiger partial charge on any atom is -0.455 e. The maximum absolute atomic E-state index is 13.1. The molecule has 2 aromatic heterocycles. The Kier molecular flexibility index (Phi) is 6.45. The maximum Gasteiger partial charge on any atom is 0.289 e. The van der Waals surface area contributed by atoms with Gasteiger partial charge in [-0.15, -0.1) is 0 Å². The Labute approximate surface area is 192 Å². The fourth-order valence-corrected chi connectivity index (χ4v) is 6.17. The van der Waals surface area contributed by atoms with Crippen molar-refractivity contribution in [2.24, 2.45) is 7.05 Å². The number of aromatic nitrogens is 2. The highest BCUT2D eigenvalue weighted by atomic mass is 32.2. The molecule has 10 heteroatoms. The van der Waals surface area contributed by atoms with Crippen molar-refractivity contribution in [2.75, 3.05) is 26.2 Å². The normalized spacial score (nSPS) is 15.3. The van der Waals surface area contributed by atoms with Gasteiger partial charge in [0, 0.05) is 45.6 Å². The van der Waals surface area contributed by atoms with Gasteiger partial charge in [0.25, 0.3) is 5.91 Å². The first-order valence-corrected chi connectivity index (χ1v) is 12.7. The third-order valence-corrected chi connectivity index (χ3v) is 8.60. The van der Waals surface area contributed by atoms with Crippen LogP contribution in [0.25, 0.3) is 0 Å². The van der Waals surface area contributed by atoms with Crippen LogP contribution in [0.5, 0.6) is 0 Å². The molecule has 1 aromatic carbocycles. The van der Waals surface area contributed by atoms with Crippen LogP contribution >= 0.6 is 11.8 Å². The summed E-state index contributed by atoms with van der Waals surface area (Å²) in [5, 5.41) is 0.871. The molecule has 1 amide bonds. The number of carbonyl (C=O) groups excluding carboxylic acids is 1. The fraction of sp³-hybridized carbons (Fsp3) is 0.364. The summed E-state index contributed by atoms with van der Waals surface area (Å²) in [6.45, 7) is 4.82. The lowest BCUT2D eigenvalue weighted by Gasteiger charge is -2.33. The Morgan fingerprint density at radius 3 is 2.56 bits per heavy atom. The van der Waals surface area contributed by atoms with Crippen molar-refractivity contribution in [3.8, 4) is 0 Å². The molecule has 0 radical (unpaired) electrons. The predicted molar refractivity (Wildman–Crippen MR) is 122 cm³/mol. The Balaban J connectivity index is 1.37. The zero-order chi connectivity index (χ0) is 22.9. The molecular weight excluding hydrogens is 448 g/mol. The second-order valence-corrected chi connectivity index (χ2v) is 10.7. The molecule has 0 aliphatic carbocycles. The number of aryl methyl sites for hydroxylation is 3. The molecule has 0 bridgehead atoms. The average molecular weight is 475 g/mol. The second kappa shape index (κ2) is 9.13. The van der Waals surface area contributed by atoms with E-state index in [0.717, 1.165) is 16.3 Å². The van der Waals surface area contributed by atoms with Gasteiger partial charge in [-0.3, -0.25) is 4.79 Å². The largest absolute Gasteiger partial charge is 0.455 e. The molecule has 1 aliphatic rings. The van der Waals surface area contributed by atoms with E-state index in [2.05, 4.69) is 4.98 Å². The molecule has 4 rings (SSSR count). The van der Waals surface area contributed by atoms with Gasteiger partial charge in [0.1, 0.15) is 5.76 Å². The summed E-state index contributed by atoms with van der Waals surface area (Å²) in [6, 6.07) is 8.90. The Morgan fingerprint density at radius 1 is 1.12 bits per heavy atom. The van der Waals surface area contributed by atoms with Crippen LogP contribution in [0.3, 0.4) is 0 Å². The number of sulfonamides is 1. The average Bonchev–Trinajstić information content (AvgIpc) is 3.42.